The summed E-state index contributed by atoms with van der Waals surface area (Å²) in [4.78, 5) is 28.8. The molecule has 6 heteroatoms. The van der Waals surface area contributed by atoms with E-state index in [4.69, 9.17) is 5.73 Å². The molecule has 5 nitrogen and oxygen atoms in total. The lowest BCUT2D eigenvalue weighted by Gasteiger charge is -2.26. The van der Waals surface area contributed by atoms with Crippen molar-refractivity contribution in [3.05, 3.63) is 28.7 Å². The number of benzene rings is 1. The molecule has 0 aromatic heterocycles. The number of nitrogens with zero attached hydrogens (tertiary/aromatic N) is 2. The number of likely N-dealkylation sites (tertiary alicyclic amines) is 1. The summed E-state index contributed by atoms with van der Waals surface area (Å²) in [7, 11) is 0. The number of hydrogen-bond donors (Lipinski definition) is 1. The number of rotatable bonds is 3. The van der Waals surface area contributed by atoms with Crippen molar-refractivity contribution in [3.63, 3.8) is 0 Å². The predicted octanol–water partition coefficient (Wildman–Crippen LogP) is 1.75. The van der Waals surface area contributed by atoms with Gasteiger partial charge in [-0.3, -0.25) is 9.59 Å². The van der Waals surface area contributed by atoms with E-state index in [1.54, 1.807) is 4.90 Å². The number of carbonyl (C=O) groups is 2. The van der Waals surface area contributed by atoms with Gasteiger partial charge in [-0.1, -0.05) is 22.0 Å². The molecule has 0 spiro atoms. The normalized spacial score (nSPS) is 25.1. The summed E-state index contributed by atoms with van der Waals surface area (Å²) in [6.45, 7) is 1.79. The average Bonchev–Trinajstić information content (AvgIpc) is 3.12. The number of anilines is 1. The van der Waals surface area contributed by atoms with Crippen LogP contribution in [0.15, 0.2) is 28.7 Å². The largest absolute Gasteiger partial charge is 0.338 e. The van der Waals surface area contributed by atoms with E-state index >= 15 is 0 Å². The monoisotopic (exact) mass is 365 g/mol. The highest BCUT2D eigenvalue weighted by atomic mass is 79.9. The van der Waals surface area contributed by atoms with Gasteiger partial charge in [-0.25, -0.2) is 0 Å². The van der Waals surface area contributed by atoms with E-state index in [9.17, 15) is 9.59 Å². The lowest BCUT2D eigenvalue weighted by molar-refractivity contribution is -0.140. The standard InChI is InChI=1S/C16H20BrN3O2/c17-11-3-1-4-12(9-11)20-8-6-14(16(20)22)15(21)19-7-2-5-13(19)10-18/h1,3-4,9,13-14H,2,5-8,10,18H2/t13-,14+/m1/s1. The zero-order chi connectivity index (χ0) is 15.7. The van der Waals surface area contributed by atoms with Crippen LogP contribution in [0.1, 0.15) is 19.3 Å². The van der Waals surface area contributed by atoms with Gasteiger partial charge < -0.3 is 15.5 Å². The molecule has 2 N–H and O–H groups in total. The molecule has 2 fully saturated rings. The van der Waals surface area contributed by atoms with Gasteiger partial charge in [0.15, 0.2) is 0 Å². The minimum atomic E-state index is -0.550. The zero-order valence-electron chi connectivity index (χ0n) is 12.4. The Morgan fingerprint density at radius 1 is 1.32 bits per heavy atom. The Kier molecular flexibility index (Phi) is 4.49. The van der Waals surface area contributed by atoms with Crippen LogP contribution in [-0.4, -0.2) is 42.4 Å². The minimum Gasteiger partial charge on any atom is -0.338 e. The fourth-order valence-corrected chi connectivity index (χ4v) is 3.77. The Balaban J connectivity index is 1.75. The molecule has 2 amide bonds. The van der Waals surface area contributed by atoms with E-state index < -0.39 is 5.92 Å². The molecule has 2 atom stereocenters. The molecule has 2 aliphatic heterocycles. The van der Waals surface area contributed by atoms with Gasteiger partial charge >= 0.3 is 0 Å². The average molecular weight is 366 g/mol. The first-order valence-electron chi connectivity index (χ1n) is 7.69. The first-order valence-corrected chi connectivity index (χ1v) is 8.48. The van der Waals surface area contributed by atoms with E-state index in [1.807, 2.05) is 29.2 Å². The van der Waals surface area contributed by atoms with E-state index in [0.29, 0.717) is 19.5 Å². The first kappa shape index (κ1) is 15.5. The summed E-state index contributed by atoms with van der Waals surface area (Å²) < 4.78 is 0.926. The van der Waals surface area contributed by atoms with Crippen LogP contribution in [0.25, 0.3) is 0 Å². The Hall–Kier alpha value is -1.40. The van der Waals surface area contributed by atoms with Gasteiger partial charge in [-0.05, 0) is 37.5 Å². The third-order valence-corrected chi connectivity index (χ3v) is 5.05. The van der Waals surface area contributed by atoms with Gasteiger partial charge in [0.05, 0.1) is 0 Å². The van der Waals surface area contributed by atoms with E-state index in [1.165, 1.54) is 0 Å². The lowest BCUT2D eigenvalue weighted by atomic mass is 10.1. The van der Waals surface area contributed by atoms with Crippen LogP contribution >= 0.6 is 15.9 Å². The van der Waals surface area contributed by atoms with Gasteiger partial charge in [0.25, 0.3) is 0 Å². The Labute approximate surface area is 138 Å². The number of amides is 2. The van der Waals surface area contributed by atoms with Crippen LogP contribution in [0.2, 0.25) is 0 Å². The van der Waals surface area contributed by atoms with Crippen molar-refractivity contribution in [1.82, 2.24) is 4.90 Å². The number of halogens is 1. The van der Waals surface area contributed by atoms with Crippen LogP contribution in [0.4, 0.5) is 5.69 Å². The van der Waals surface area contributed by atoms with Crippen LogP contribution in [0.5, 0.6) is 0 Å². The van der Waals surface area contributed by atoms with Crippen molar-refractivity contribution in [2.45, 2.75) is 25.3 Å². The summed E-state index contributed by atoms with van der Waals surface area (Å²) in [6, 6.07) is 7.72. The molecule has 3 rings (SSSR count). The second-order valence-electron chi connectivity index (χ2n) is 5.87. The van der Waals surface area contributed by atoms with Crippen LogP contribution in [0, 0.1) is 5.92 Å². The molecule has 2 saturated heterocycles. The highest BCUT2D eigenvalue weighted by Crippen LogP contribution is 2.30. The minimum absolute atomic E-state index is 0.0459. The van der Waals surface area contributed by atoms with Crippen molar-refractivity contribution in [3.8, 4) is 0 Å². The number of nitrogens with two attached hydrogens (primary N) is 1. The van der Waals surface area contributed by atoms with Crippen molar-refractivity contribution in [2.24, 2.45) is 11.7 Å². The SMILES string of the molecule is NC[C@H]1CCCN1C(=O)[C@@H]1CCN(c2cccc(Br)c2)C1=O. The molecule has 0 radical (unpaired) electrons. The smallest absolute Gasteiger partial charge is 0.239 e. The van der Waals surface area contributed by atoms with Crippen LogP contribution in [-0.2, 0) is 9.59 Å². The van der Waals surface area contributed by atoms with Crippen molar-refractivity contribution < 1.29 is 9.59 Å². The third kappa shape index (κ3) is 2.77. The van der Waals surface area contributed by atoms with Gasteiger partial charge in [0, 0.05) is 35.8 Å². The number of carbonyl (C=O) groups excluding carboxylic acids is 2. The molecule has 0 bridgehead atoms. The second kappa shape index (κ2) is 6.38. The Morgan fingerprint density at radius 3 is 2.86 bits per heavy atom. The molecular weight excluding hydrogens is 346 g/mol. The fourth-order valence-electron chi connectivity index (χ4n) is 3.38. The highest BCUT2D eigenvalue weighted by Gasteiger charge is 2.42. The molecule has 22 heavy (non-hydrogen) atoms. The molecule has 2 heterocycles. The lowest BCUT2D eigenvalue weighted by Crippen LogP contribution is -2.45. The summed E-state index contributed by atoms with van der Waals surface area (Å²) in [5, 5.41) is 0. The van der Waals surface area contributed by atoms with Crippen LogP contribution < -0.4 is 10.6 Å². The topological polar surface area (TPSA) is 66.6 Å². The molecule has 2 aliphatic rings. The van der Waals surface area contributed by atoms with Gasteiger partial charge in [0.1, 0.15) is 5.92 Å². The van der Waals surface area contributed by atoms with Gasteiger partial charge in [-0.2, -0.15) is 0 Å². The van der Waals surface area contributed by atoms with Gasteiger partial charge in [0.2, 0.25) is 11.8 Å². The maximum absolute atomic E-state index is 12.7. The van der Waals surface area contributed by atoms with Gasteiger partial charge in [-0.15, -0.1) is 0 Å². The fraction of sp³-hybridized carbons (Fsp3) is 0.500. The molecule has 1 aromatic carbocycles. The summed E-state index contributed by atoms with van der Waals surface area (Å²) >= 11 is 3.42. The molecule has 118 valence electrons. The highest BCUT2D eigenvalue weighted by molar-refractivity contribution is 9.10. The second-order valence-corrected chi connectivity index (χ2v) is 6.79. The quantitative estimate of drug-likeness (QED) is 0.829. The maximum atomic E-state index is 12.7. The summed E-state index contributed by atoms with van der Waals surface area (Å²) in [5.74, 6) is -0.688. The molecule has 0 unspecified atom stereocenters. The van der Waals surface area contributed by atoms with Crippen molar-refractivity contribution >= 4 is 33.4 Å². The number of hydrogen-bond acceptors (Lipinski definition) is 3. The molecule has 0 aliphatic carbocycles. The van der Waals surface area contributed by atoms with Crippen LogP contribution in [0.3, 0.4) is 0 Å². The molecule has 0 saturated carbocycles. The Morgan fingerprint density at radius 2 is 2.14 bits per heavy atom. The van der Waals surface area contributed by atoms with Crippen molar-refractivity contribution in [2.75, 3.05) is 24.5 Å². The summed E-state index contributed by atoms with van der Waals surface area (Å²) in [6.07, 6.45) is 2.50. The predicted molar refractivity (Wildman–Crippen MR) is 88.4 cm³/mol. The molecular formula is C16H20BrN3O2. The zero-order valence-corrected chi connectivity index (χ0v) is 14.0. The van der Waals surface area contributed by atoms with E-state index in [2.05, 4.69) is 15.9 Å². The van der Waals surface area contributed by atoms with Crippen molar-refractivity contribution in [1.29, 1.82) is 0 Å². The summed E-state index contributed by atoms with van der Waals surface area (Å²) in [5.41, 5.74) is 6.58. The third-order valence-electron chi connectivity index (χ3n) is 4.56. The van der Waals surface area contributed by atoms with E-state index in [0.717, 1.165) is 29.5 Å². The Bertz CT molecular complexity index is 593. The molecule has 1 aromatic rings. The van der Waals surface area contributed by atoms with E-state index in [-0.39, 0.29) is 17.9 Å². The first-order chi connectivity index (χ1) is 10.6. The maximum Gasteiger partial charge on any atom is 0.239 e.